The fourth-order valence-electron chi connectivity index (χ4n) is 1.39. The van der Waals surface area contributed by atoms with Gasteiger partial charge in [0.05, 0.1) is 7.11 Å². The van der Waals surface area contributed by atoms with Crippen molar-refractivity contribution >= 4 is 0 Å². The van der Waals surface area contributed by atoms with Gasteiger partial charge in [-0.2, -0.15) is 0 Å². The Kier molecular flexibility index (Phi) is 5.21. The molecule has 0 fully saturated rings. The first-order valence-electron chi connectivity index (χ1n) is 5.06. The van der Waals surface area contributed by atoms with Gasteiger partial charge in [-0.25, -0.2) is 4.57 Å². The Morgan fingerprint density at radius 3 is 2.12 bits per heavy atom. The van der Waals surface area contributed by atoms with E-state index in [9.17, 15) is 0 Å². The largest absolute Gasteiger partial charge is 1.00 e. The van der Waals surface area contributed by atoms with E-state index in [1.807, 2.05) is 60.4 Å². The summed E-state index contributed by atoms with van der Waals surface area (Å²) in [5.41, 5.74) is 0. The number of pyridine rings is 1. The van der Waals surface area contributed by atoms with Crippen molar-refractivity contribution in [2.24, 2.45) is 7.05 Å². The van der Waals surface area contributed by atoms with Crippen molar-refractivity contribution in [1.82, 2.24) is 0 Å². The molecule has 17 heavy (non-hydrogen) atoms. The van der Waals surface area contributed by atoms with Gasteiger partial charge in [0.15, 0.2) is 23.9 Å². The zero-order valence-electron chi connectivity index (χ0n) is 9.76. The van der Waals surface area contributed by atoms with E-state index in [1.54, 1.807) is 7.11 Å². The minimum atomic E-state index is 0. The summed E-state index contributed by atoms with van der Waals surface area (Å²) in [6.07, 6.45) is 3.87. The molecule has 0 aliphatic carbocycles. The standard InChI is InChI=1S/C13H14NO2.HI/c1-14-9-7-11(8-10-14)16-13-6-4-3-5-12(13)15-2;/h3-10H,1-2H3;1H/q+1;/p-1. The van der Waals surface area contributed by atoms with E-state index in [-0.39, 0.29) is 24.0 Å². The van der Waals surface area contributed by atoms with E-state index >= 15 is 0 Å². The molecule has 0 amide bonds. The van der Waals surface area contributed by atoms with E-state index in [4.69, 9.17) is 9.47 Å². The average molecular weight is 343 g/mol. The number of ether oxygens (including phenoxy) is 2. The predicted molar refractivity (Wildman–Crippen MR) is 60.7 cm³/mol. The molecule has 0 saturated carbocycles. The molecule has 0 radical (unpaired) electrons. The average Bonchev–Trinajstić information content (AvgIpc) is 2.33. The second-order valence-electron chi connectivity index (χ2n) is 3.45. The van der Waals surface area contributed by atoms with E-state index in [0.717, 1.165) is 17.2 Å². The first-order chi connectivity index (χ1) is 7.79. The van der Waals surface area contributed by atoms with Gasteiger partial charge >= 0.3 is 0 Å². The van der Waals surface area contributed by atoms with Gasteiger partial charge in [-0.3, -0.25) is 0 Å². The fourth-order valence-corrected chi connectivity index (χ4v) is 1.39. The smallest absolute Gasteiger partial charge is 0.172 e. The SMILES string of the molecule is COc1ccccc1Oc1cc[n+](C)cc1.[I-]. The Bertz CT molecular complexity index is 471. The summed E-state index contributed by atoms with van der Waals surface area (Å²) < 4.78 is 12.9. The topological polar surface area (TPSA) is 22.3 Å². The third kappa shape index (κ3) is 3.59. The molecule has 0 aliphatic heterocycles. The summed E-state index contributed by atoms with van der Waals surface area (Å²) in [5, 5.41) is 0. The van der Waals surface area contributed by atoms with Crippen molar-refractivity contribution in [3.05, 3.63) is 48.8 Å². The number of benzene rings is 1. The number of nitrogens with zero attached hydrogens (tertiary/aromatic N) is 1. The molecule has 90 valence electrons. The molecule has 1 aromatic heterocycles. The maximum absolute atomic E-state index is 5.72. The van der Waals surface area contributed by atoms with Crippen molar-refractivity contribution < 1.29 is 38.0 Å². The van der Waals surface area contributed by atoms with Crippen molar-refractivity contribution in [3.8, 4) is 17.2 Å². The van der Waals surface area contributed by atoms with Crippen LogP contribution in [0.1, 0.15) is 0 Å². The molecular formula is C13H14INO2. The molecular weight excluding hydrogens is 329 g/mol. The molecule has 0 spiro atoms. The maximum Gasteiger partial charge on any atom is 0.172 e. The van der Waals surface area contributed by atoms with E-state index in [2.05, 4.69) is 0 Å². The molecule has 2 aromatic rings. The van der Waals surface area contributed by atoms with Crippen LogP contribution in [0.25, 0.3) is 0 Å². The molecule has 4 heteroatoms. The number of halogens is 1. The van der Waals surface area contributed by atoms with Gasteiger partial charge in [-0.1, -0.05) is 12.1 Å². The Morgan fingerprint density at radius 2 is 1.53 bits per heavy atom. The lowest BCUT2D eigenvalue weighted by atomic mass is 10.3. The summed E-state index contributed by atoms with van der Waals surface area (Å²) in [7, 11) is 3.60. The first-order valence-corrected chi connectivity index (χ1v) is 5.06. The molecule has 0 saturated heterocycles. The van der Waals surface area contributed by atoms with Crippen molar-refractivity contribution in [1.29, 1.82) is 0 Å². The van der Waals surface area contributed by atoms with Gasteiger partial charge in [0.1, 0.15) is 12.8 Å². The number of aromatic nitrogens is 1. The fraction of sp³-hybridized carbons (Fsp3) is 0.154. The zero-order chi connectivity index (χ0) is 11.4. The van der Waals surface area contributed by atoms with E-state index < -0.39 is 0 Å². The lowest BCUT2D eigenvalue weighted by Gasteiger charge is -2.08. The monoisotopic (exact) mass is 343 g/mol. The van der Waals surface area contributed by atoms with Crippen LogP contribution in [0.15, 0.2) is 48.8 Å². The molecule has 3 nitrogen and oxygen atoms in total. The minimum Gasteiger partial charge on any atom is -1.00 e. The number of hydrogen-bond acceptors (Lipinski definition) is 2. The second kappa shape index (κ2) is 6.44. The molecule has 1 aromatic carbocycles. The van der Waals surface area contributed by atoms with Gasteiger partial charge in [0, 0.05) is 12.1 Å². The van der Waals surface area contributed by atoms with Crippen LogP contribution >= 0.6 is 0 Å². The van der Waals surface area contributed by atoms with Crippen molar-refractivity contribution in [3.63, 3.8) is 0 Å². The van der Waals surface area contributed by atoms with Crippen LogP contribution in [0.3, 0.4) is 0 Å². The molecule has 0 N–H and O–H groups in total. The lowest BCUT2D eigenvalue weighted by Crippen LogP contribution is -3.00. The van der Waals surface area contributed by atoms with E-state index in [1.165, 1.54) is 0 Å². The number of methoxy groups -OCH3 is 1. The Morgan fingerprint density at radius 1 is 0.941 bits per heavy atom. The third-order valence-corrected chi connectivity index (χ3v) is 2.24. The first kappa shape index (κ1) is 13.8. The maximum atomic E-state index is 5.72. The highest BCUT2D eigenvalue weighted by Gasteiger charge is 2.04. The van der Waals surface area contributed by atoms with Gasteiger partial charge in [-0.05, 0) is 12.1 Å². The molecule has 1 heterocycles. The van der Waals surface area contributed by atoms with Gasteiger partial charge < -0.3 is 33.5 Å². The van der Waals surface area contributed by atoms with Crippen molar-refractivity contribution in [2.45, 2.75) is 0 Å². The summed E-state index contributed by atoms with van der Waals surface area (Å²) in [5.74, 6) is 2.25. The quantitative estimate of drug-likeness (QED) is 0.544. The molecule has 2 rings (SSSR count). The number of aryl methyl sites for hydroxylation is 1. The zero-order valence-corrected chi connectivity index (χ0v) is 11.9. The molecule has 0 aliphatic rings. The lowest BCUT2D eigenvalue weighted by molar-refractivity contribution is -0.671. The van der Waals surface area contributed by atoms with Crippen LogP contribution in [0.5, 0.6) is 17.2 Å². The van der Waals surface area contributed by atoms with E-state index in [0.29, 0.717) is 0 Å². The molecule has 0 unspecified atom stereocenters. The third-order valence-electron chi connectivity index (χ3n) is 2.24. The minimum absolute atomic E-state index is 0. The molecule has 0 bridgehead atoms. The highest BCUT2D eigenvalue weighted by molar-refractivity contribution is 5.42. The second-order valence-corrected chi connectivity index (χ2v) is 3.45. The Balaban J connectivity index is 0.00000144. The summed E-state index contributed by atoms with van der Waals surface area (Å²) in [6, 6.07) is 11.4. The van der Waals surface area contributed by atoms with Crippen LogP contribution < -0.4 is 38.0 Å². The molecule has 0 atom stereocenters. The van der Waals surface area contributed by atoms with Crippen molar-refractivity contribution in [2.75, 3.05) is 7.11 Å². The summed E-state index contributed by atoms with van der Waals surface area (Å²) in [4.78, 5) is 0. The summed E-state index contributed by atoms with van der Waals surface area (Å²) in [6.45, 7) is 0. The van der Waals surface area contributed by atoms with Crippen LogP contribution in [0, 0.1) is 0 Å². The number of rotatable bonds is 3. The van der Waals surface area contributed by atoms with Gasteiger partial charge in [0.2, 0.25) is 0 Å². The normalized spacial score (nSPS) is 9.29. The predicted octanol–water partition coefficient (Wildman–Crippen LogP) is -0.684. The summed E-state index contributed by atoms with van der Waals surface area (Å²) >= 11 is 0. The van der Waals surface area contributed by atoms with Gasteiger partial charge in [0.25, 0.3) is 0 Å². The van der Waals surface area contributed by atoms with Gasteiger partial charge in [-0.15, -0.1) is 0 Å². The Labute approximate surface area is 118 Å². The Hall–Kier alpha value is -1.30. The van der Waals surface area contributed by atoms with Crippen LogP contribution in [0.4, 0.5) is 0 Å². The van der Waals surface area contributed by atoms with Crippen LogP contribution in [-0.2, 0) is 7.05 Å². The van der Waals surface area contributed by atoms with Crippen LogP contribution in [0.2, 0.25) is 0 Å². The van der Waals surface area contributed by atoms with Crippen LogP contribution in [-0.4, -0.2) is 7.11 Å². The highest BCUT2D eigenvalue weighted by Crippen LogP contribution is 2.30. The number of para-hydroxylation sites is 2. The number of hydrogen-bond donors (Lipinski definition) is 0. The highest BCUT2D eigenvalue weighted by atomic mass is 127.